The third-order valence-electron chi connectivity index (χ3n) is 2.02. The van der Waals surface area contributed by atoms with Crippen LogP contribution in [-0.2, 0) is 5.75 Å². The monoisotopic (exact) mass is 242 g/mol. The molecule has 4 heteroatoms. The van der Waals surface area contributed by atoms with Crippen LogP contribution >= 0.6 is 11.8 Å². The normalized spacial score (nSPS) is 10.8. The van der Waals surface area contributed by atoms with Crippen LogP contribution in [0.5, 0.6) is 0 Å². The van der Waals surface area contributed by atoms with Gasteiger partial charge in [-0.3, -0.25) is 0 Å². The van der Waals surface area contributed by atoms with Crippen molar-refractivity contribution in [3.63, 3.8) is 0 Å². The molecule has 1 N–H and O–H groups in total. The maximum atomic E-state index is 13.7. The van der Waals surface area contributed by atoms with Gasteiger partial charge in [0.15, 0.2) is 0 Å². The summed E-state index contributed by atoms with van der Waals surface area (Å²) in [6, 6.07) is 4.50. The van der Waals surface area contributed by atoms with Gasteiger partial charge in [-0.2, -0.15) is 11.8 Å². The average Bonchev–Trinajstić information content (AvgIpc) is 2.19. The highest BCUT2D eigenvalue weighted by Crippen LogP contribution is 2.20. The van der Waals surface area contributed by atoms with Gasteiger partial charge in [-0.05, 0) is 23.3 Å². The van der Waals surface area contributed by atoms with Gasteiger partial charge in [0.05, 0.1) is 5.56 Å². The first-order valence-corrected chi connectivity index (χ1v) is 6.26. The first-order valence-electron chi connectivity index (χ1n) is 5.10. The molecule has 88 valence electrons. The van der Waals surface area contributed by atoms with Crippen molar-refractivity contribution in [1.82, 2.24) is 0 Å². The van der Waals surface area contributed by atoms with Crippen molar-refractivity contribution in [3.8, 4) is 0 Å². The maximum absolute atomic E-state index is 13.7. The first kappa shape index (κ1) is 13.0. The van der Waals surface area contributed by atoms with Gasteiger partial charge < -0.3 is 5.11 Å². The topological polar surface area (TPSA) is 37.3 Å². The molecule has 1 rings (SSSR count). The van der Waals surface area contributed by atoms with Gasteiger partial charge in [0, 0.05) is 5.75 Å². The Morgan fingerprint density at radius 2 is 2.19 bits per heavy atom. The number of hydrogen-bond donors (Lipinski definition) is 1. The van der Waals surface area contributed by atoms with Crippen LogP contribution in [0.25, 0.3) is 0 Å². The summed E-state index contributed by atoms with van der Waals surface area (Å²) in [5.74, 6) is 0.192. The van der Waals surface area contributed by atoms with Crippen LogP contribution in [0.3, 0.4) is 0 Å². The third kappa shape index (κ3) is 3.52. The number of carboxylic acid groups (broad SMARTS) is 1. The van der Waals surface area contributed by atoms with Crippen molar-refractivity contribution in [2.75, 3.05) is 5.75 Å². The first-order chi connectivity index (χ1) is 7.52. The predicted octanol–water partition coefficient (Wildman–Crippen LogP) is 3.41. The molecule has 0 saturated carbocycles. The van der Waals surface area contributed by atoms with Crippen molar-refractivity contribution in [1.29, 1.82) is 0 Å². The molecule has 16 heavy (non-hydrogen) atoms. The molecule has 0 unspecified atom stereocenters. The van der Waals surface area contributed by atoms with E-state index in [0.29, 0.717) is 17.2 Å². The molecule has 0 saturated heterocycles. The Morgan fingerprint density at radius 1 is 1.50 bits per heavy atom. The Labute approximate surface area is 98.9 Å². The minimum atomic E-state index is -1.21. The summed E-state index contributed by atoms with van der Waals surface area (Å²) >= 11 is 1.62. The van der Waals surface area contributed by atoms with Crippen LogP contribution < -0.4 is 0 Å². The predicted molar refractivity (Wildman–Crippen MR) is 64.4 cm³/mol. The molecule has 0 fully saturated rings. The van der Waals surface area contributed by atoms with E-state index in [-0.39, 0.29) is 5.56 Å². The minimum absolute atomic E-state index is 0.248. The number of hydrogen-bond acceptors (Lipinski definition) is 2. The number of thioether (sulfide) groups is 1. The molecule has 0 aromatic heterocycles. The molecule has 0 aliphatic carbocycles. The second-order valence-electron chi connectivity index (χ2n) is 3.99. The molecular formula is C12H15FO2S. The second kappa shape index (κ2) is 5.89. The van der Waals surface area contributed by atoms with Gasteiger partial charge in [-0.1, -0.05) is 26.0 Å². The van der Waals surface area contributed by atoms with Crippen LogP contribution in [0.2, 0.25) is 0 Å². The largest absolute Gasteiger partial charge is 0.478 e. The van der Waals surface area contributed by atoms with Gasteiger partial charge >= 0.3 is 5.97 Å². The zero-order valence-corrected chi connectivity index (χ0v) is 10.2. The lowest BCUT2D eigenvalue weighted by Gasteiger charge is -2.07. The molecule has 0 aliphatic rings. The SMILES string of the molecule is CC(C)CSCc1cccc(C(=O)O)c1F. The van der Waals surface area contributed by atoms with E-state index in [0.717, 1.165) is 5.75 Å². The Hall–Kier alpha value is -1.03. The van der Waals surface area contributed by atoms with Crippen molar-refractivity contribution < 1.29 is 14.3 Å². The highest BCUT2D eigenvalue weighted by atomic mass is 32.2. The van der Waals surface area contributed by atoms with Crippen molar-refractivity contribution in [2.45, 2.75) is 19.6 Å². The molecule has 0 atom stereocenters. The molecule has 0 aliphatic heterocycles. The van der Waals surface area contributed by atoms with E-state index in [4.69, 9.17) is 5.11 Å². The molecule has 2 nitrogen and oxygen atoms in total. The lowest BCUT2D eigenvalue weighted by molar-refractivity contribution is 0.0691. The van der Waals surface area contributed by atoms with Gasteiger partial charge in [-0.15, -0.1) is 0 Å². The number of carbonyl (C=O) groups is 1. The van der Waals surface area contributed by atoms with Gasteiger partial charge in [0.25, 0.3) is 0 Å². The van der Waals surface area contributed by atoms with Gasteiger partial charge in [0.1, 0.15) is 5.82 Å². The van der Waals surface area contributed by atoms with Crippen LogP contribution in [0, 0.1) is 11.7 Å². The van der Waals surface area contributed by atoms with E-state index < -0.39 is 11.8 Å². The number of aromatic carboxylic acids is 1. The number of halogens is 1. The van der Waals surface area contributed by atoms with E-state index >= 15 is 0 Å². The Kier molecular flexibility index (Phi) is 4.80. The minimum Gasteiger partial charge on any atom is -0.478 e. The van der Waals surface area contributed by atoms with Crippen LogP contribution in [0.1, 0.15) is 29.8 Å². The summed E-state index contributed by atoms with van der Waals surface area (Å²) in [5, 5.41) is 8.76. The van der Waals surface area contributed by atoms with E-state index in [1.807, 2.05) is 0 Å². The molecule has 0 heterocycles. The highest BCUT2D eigenvalue weighted by Gasteiger charge is 2.13. The van der Waals surface area contributed by atoms with E-state index in [1.165, 1.54) is 6.07 Å². The fourth-order valence-electron chi connectivity index (χ4n) is 1.26. The quantitative estimate of drug-likeness (QED) is 0.859. The number of carboxylic acids is 1. The van der Waals surface area contributed by atoms with E-state index in [9.17, 15) is 9.18 Å². The lowest BCUT2D eigenvalue weighted by atomic mass is 10.1. The van der Waals surface area contributed by atoms with Crippen LogP contribution in [0.4, 0.5) is 4.39 Å². The molecule has 0 bridgehead atoms. The number of rotatable bonds is 5. The fourth-order valence-corrected chi connectivity index (χ4v) is 2.29. The van der Waals surface area contributed by atoms with Crippen LogP contribution in [0.15, 0.2) is 18.2 Å². The molecule has 1 aromatic rings. The smallest absolute Gasteiger partial charge is 0.338 e. The summed E-state index contributed by atoms with van der Waals surface area (Å²) < 4.78 is 13.7. The maximum Gasteiger partial charge on any atom is 0.338 e. The van der Waals surface area contributed by atoms with Crippen LogP contribution in [-0.4, -0.2) is 16.8 Å². The summed E-state index contributed by atoms with van der Waals surface area (Å²) in [4.78, 5) is 10.7. The molecule has 1 aromatic carbocycles. The van der Waals surface area contributed by atoms with E-state index in [1.54, 1.807) is 23.9 Å². The Bertz CT molecular complexity index is 377. The summed E-state index contributed by atoms with van der Waals surface area (Å²) in [6.07, 6.45) is 0. The average molecular weight is 242 g/mol. The van der Waals surface area contributed by atoms with Crippen molar-refractivity contribution in [3.05, 3.63) is 35.1 Å². The van der Waals surface area contributed by atoms with Crippen molar-refractivity contribution >= 4 is 17.7 Å². The fraction of sp³-hybridized carbons (Fsp3) is 0.417. The summed E-state index contributed by atoms with van der Waals surface area (Å²) in [7, 11) is 0. The second-order valence-corrected chi connectivity index (χ2v) is 5.02. The van der Waals surface area contributed by atoms with Gasteiger partial charge in [-0.25, -0.2) is 9.18 Å². The van der Waals surface area contributed by atoms with Crippen molar-refractivity contribution in [2.24, 2.45) is 5.92 Å². The standard InChI is InChI=1S/C12H15FO2S/c1-8(2)6-16-7-9-4-3-5-10(11(9)13)12(14)15/h3-5,8H,6-7H2,1-2H3,(H,14,15). The zero-order chi connectivity index (χ0) is 12.1. The Balaban J connectivity index is 2.73. The molecular weight excluding hydrogens is 227 g/mol. The summed E-state index contributed by atoms with van der Waals surface area (Å²) in [6.45, 7) is 4.19. The molecule has 0 spiro atoms. The van der Waals surface area contributed by atoms with Gasteiger partial charge in [0.2, 0.25) is 0 Å². The zero-order valence-electron chi connectivity index (χ0n) is 9.37. The molecule has 0 radical (unpaired) electrons. The highest BCUT2D eigenvalue weighted by molar-refractivity contribution is 7.98. The summed E-state index contributed by atoms with van der Waals surface area (Å²) in [5.41, 5.74) is 0.216. The number of benzene rings is 1. The third-order valence-corrected chi connectivity index (χ3v) is 3.44. The molecule has 0 amide bonds. The van der Waals surface area contributed by atoms with E-state index in [2.05, 4.69) is 13.8 Å². The Morgan fingerprint density at radius 3 is 2.75 bits per heavy atom. The lowest BCUT2D eigenvalue weighted by Crippen LogP contribution is -2.03.